The molecule has 1 saturated heterocycles. The van der Waals surface area contributed by atoms with Crippen LogP contribution in [0.5, 0.6) is 0 Å². The number of fused-ring (bicyclic) bond motifs is 1. The van der Waals surface area contributed by atoms with Crippen LogP contribution >= 0.6 is 34.8 Å². The Morgan fingerprint density at radius 1 is 0.805 bits per heavy atom. The molecule has 3 aromatic rings. The maximum atomic E-state index is 12.9. The van der Waals surface area contributed by atoms with Crippen molar-refractivity contribution in [3.8, 4) is 0 Å². The Balaban J connectivity index is 1.16. The van der Waals surface area contributed by atoms with Gasteiger partial charge >= 0.3 is 11.8 Å². The Bertz CT molecular complexity index is 1500. The van der Waals surface area contributed by atoms with Gasteiger partial charge in [0, 0.05) is 47.5 Å². The van der Waals surface area contributed by atoms with Crippen LogP contribution in [0.15, 0.2) is 60.7 Å². The summed E-state index contributed by atoms with van der Waals surface area (Å²) in [4.78, 5) is 54.2. The molecule has 2 heterocycles. The minimum Gasteiger partial charge on any atom is -0.334 e. The molecule has 0 spiro atoms. The van der Waals surface area contributed by atoms with Gasteiger partial charge in [0.05, 0.1) is 16.6 Å². The molecule has 1 fully saturated rings. The van der Waals surface area contributed by atoms with Crippen molar-refractivity contribution in [1.82, 2.24) is 4.90 Å². The lowest BCUT2D eigenvalue weighted by molar-refractivity contribution is -0.144. The summed E-state index contributed by atoms with van der Waals surface area (Å²) < 4.78 is 0. The number of halogens is 3. The monoisotopic (exact) mass is 612 g/mol. The Morgan fingerprint density at radius 3 is 2.20 bits per heavy atom. The summed E-state index contributed by atoms with van der Waals surface area (Å²) in [5, 5.41) is 6.90. The van der Waals surface area contributed by atoms with Crippen molar-refractivity contribution in [3.63, 3.8) is 0 Å². The maximum Gasteiger partial charge on any atom is 0.313 e. The van der Waals surface area contributed by atoms with Gasteiger partial charge in [-0.1, -0.05) is 46.9 Å². The topological polar surface area (TPSA) is 98.8 Å². The molecule has 0 aliphatic carbocycles. The zero-order valence-corrected chi connectivity index (χ0v) is 24.2. The van der Waals surface area contributed by atoms with Gasteiger partial charge < -0.3 is 20.4 Å². The van der Waals surface area contributed by atoms with E-state index in [1.54, 1.807) is 53.4 Å². The van der Waals surface area contributed by atoms with Crippen LogP contribution in [-0.4, -0.2) is 41.6 Å². The summed E-state index contributed by atoms with van der Waals surface area (Å²) in [6.07, 6.45) is 1.76. The lowest BCUT2D eigenvalue weighted by Crippen LogP contribution is -2.45. The number of benzene rings is 3. The molecule has 5 rings (SSSR count). The van der Waals surface area contributed by atoms with E-state index < -0.39 is 11.8 Å². The highest BCUT2D eigenvalue weighted by Crippen LogP contribution is 2.32. The van der Waals surface area contributed by atoms with E-state index in [4.69, 9.17) is 34.8 Å². The van der Waals surface area contributed by atoms with Gasteiger partial charge in [0.2, 0.25) is 11.8 Å². The number of carbonyl (C=O) groups is 4. The molecular weight excluding hydrogens is 587 g/mol. The lowest BCUT2D eigenvalue weighted by Gasteiger charge is -2.31. The first-order valence-electron chi connectivity index (χ1n) is 13.2. The molecule has 0 unspecified atom stereocenters. The molecule has 0 bridgehead atoms. The third-order valence-corrected chi connectivity index (χ3v) is 8.32. The standard InChI is InChI=1S/C30H27Cl3N4O4/c31-21-4-1-18(2-5-21)17-37-26-9-7-22(15-20(26)3-10-27(37)38)35-29(40)30(41)36-13-11-19(12-14-36)28(39)34-23-6-8-24(32)25(33)16-23/h1-2,4-9,15-16,19H,3,10-14,17H2,(H,34,39)(H,35,40). The van der Waals surface area contributed by atoms with Crippen molar-refractivity contribution in [2.45, 2.75) is 32.2 Å². The van der Waals surface area contributed by atoms with Gasteiger partial charge in [-0.3, -0.25) is 19.2 Å². The first-order chi connectivity index (χ1) is 19.7. The first-order valence-corrected chi connectivity index (χ1v) is 14.4. The van der Waals surface area contributed by atoms with E-state index in [0.29, 0.717) is 58.7 Å². The quantitative estimate of drug-likeness (QED) is 0.348. The molecule has 0 radical (unpaired) electrons. The molecule has 8 nitrogen and oxygen atoms in total. The number of anilines is 3. The second-order valence-electron chi connectivity index (χ2n) is 10.1. The number of nitrogens with zero attached hydrogens (tertiary/aromatic N) is 2. The van der Waals surface area contributed by atoms with Crippen molar-refractivity contribution in [2.75, 3.05) is 28.6 Å². The van der Waals surface area contributed by atoms with Crippen LogP contribution in [0.1, 0.15) is 30.4 Å². The van der Waals surface area contributed by atoms with E-state index in [0.717, 1.165) is 16.8 Å². The van der Waals surface area contributed by atoms with E-state index in [1.807, 2.05) is 12.1 Å². The fourth-order valence-electron chi connectivity index (χ4n) is 5.07. The van der Waals surface area contributed by atoms with Crippen LogP contribution < -0.4 is 15.5 Å². The van der Waals surface area contributed by atoms with Crippen molar-refractivity contribution in [3.05, 3.63) is 86.9 Å². The van der Waals surface area contributed by atoms with Crippen molar-refractivity contribution in [2.24, 2.45) is 5.92 Å². The summed E-state index contributed by atoms with van der Waals surface area (Å²) in [6, 6.07) is 17.5. The second kappa shape index (κ2) is 12.5. The van der Waals surface area contributed by atoms with Crippen LogP contribution in [0.25, 0.3) is 0 Å². The number of carbonyl (C=O) groups excluding carboxylic acids is 4. The average molecular weight is 614 g/mol. The van der Waals surface area contributed by atoms with E-state index in [9.17, 15) is 19.2 Å². The SMILES string of the molecule is O=C(Nc1ccc2c(c1)CCC(=O)N2Cc1ccc(Cl)cc1)C(=O)N1CCC(C(=O)Nc2ccc(Cl)c(Cl)c2)CC1. The van der Waals surface area contributed by atoms with Crippen LogP contribution in [0, 0.1) is 5.92 Å². The molecule has 4 amide bonds. The van der Waals surface area contributed by atoms with E-state index in [-0.39, 0.29) is 30.8 Å². The normalized spacial score (nSPS) is 15.3. The number of hydrogen-bond donors (Lipinski definition) is 2. The first kappa shape index (κ1) is 28.9. The number of amides is 4. The Hall–Kier alpha value is -3.59. The van der Waals surface area contributed by atoms with Gasteiger partial charge in [0.15, 0.2) is 0 Å². The van der Waals surface area contributed by atoms with Gasteiger partial charge in [-0.2, -0.15) is 0 Å². The third-order valence-electron chi connectivity index (χ3n) is 7.33. The predicted octanol–water partition coefficient (Wildman–Crippen LogP) is 5.94. The summed E-state index contributed by atoms with van der Waals surface area (Å²) in [5.41, 5.74) is 3.68. The highest BCUT2D eigenvalue weighted by Gasteiger charge is 2.31. The molecular formula is C30H27Cl3N4O4. The number of aryl methyl sites for hydroxylation is 1. The Labute approximate surface area is 252 Å². The maximum absolute atomic E-state index is 12.9. The zero-order valence-electron chi connectivity index (χ0n) is 22.0. The molecule has 11 heteroatoms. The minimum absolute atomic E-state index is 0.0217. The number of nitrogens with one attached hydrogen (secondary N) is 2. The van der Waals surface area contributed by atoms with Crippen molar-refractivity contribution < 1.29 is 19.2 Å². The molecule has 212 valence electrons. The lowest BCUT2D eigenvalue weighted by atomic mass is 9.95. The smallest absolute Gasteiger partial charge is 0.313 e. The summed E-state index contributed by atoms with van der Waals surface area (Å²) in [6.45, 7) is 0.990. The zero-order chi connectivity index (χ0) is 29.1. The molecule has 2 aliphatic rings. The molecule has 41 heavy (non-hydrogen) atoms. The second-order valence-corrected chi connectivity index (χ2v) is 11.3. The van der Waals surface area contributed by atoms with E-state index >= 15 is 0 Å². The van der Waals surface area contributed by atoms with Gasteiger partial charge in [0.1, 0.15) is 0 Å². The summed E-state index contributed by atoms with van der Waals surface area (Å²) >= 11 is 17.9. The average Bonchev–Trinajstić information content (AvgIpc) is 2.97. The van der Waals surface area contributed by atoms with Crippen molar-refractivity contribution >= 4 is 75.5 Å². The largest absolute Gasteiger partial charge is 0.334 e. The van der Waals surface area contributed by atoms with E-state index in [2.05, 4.69) is 10.6 Å². The Kier molecular flexibility index (Phi) is 8.82. The Morgan fingerprint density at radius 2 is 1.49 bits per heavy atom. The highest BCUT2D eigenvalue weighted by atomic mass is 35.5. The minimum atomic E-state index is -0.742. The predicted molar refractivity (Wildman–Crippen MR) is 160 cm³/mol. The molecule has 2 aliphatic heterocycles. The number of hydrogen-bond acceptors (Lipinski definition) is 4. The number of rotatable bonds is 5. The van der Waals surface area contributed by atoms with Crippen LogP contribution in [0.2, 0.25) is 15.1 Å². The van der Waals surface area contributed by atoms with Crippen LogP contribution in [0.3, 0.4) is 0 Å². The van der Waals surface area contributed by atoms with E-state index in [1.165, 1.54) is 4.90 Å². The molecule has 0 atom stereocenters. The molecule has 0 saturated carbocycles. The van der Waals surface area contributed by atoms with Gasteiger partial charge in [0.25, 0.3) is 0 Å². The van der Waals surface area contributed by atoms with Gasteiger partial charge in [-0.05, 0) is 78.9 Å². The summed E-state index contributed by atoms with van der Waals surface area (Å²) in [7, 11) is 0. The summed E-state index contributed by atoms with van der Waals surface area (Å²) in [5.74, 6) is -1.83. The fourth-order valence-corrected chi connectivity index (χ4v) is 5.50. The molecule has 2 N–H and O–H groups in total. The van der Waals surface area contributed by atoms with Gasteiger partial charge in [-0.15, -0.1) is 0 Å². The molecule has 3 aromatic carbocycles. The van der Waals surface area contributed by atoms with Crippen LogP contribution in [0.4, 0.5) is 17.1 Å². The number of likely N-dealkylation sites (tertiary alicyclic amines) is 1. The third kappa shape index (κ3) is 6.84. The fraction of sp³-hybridized carbons (Fsp3) is 0.267. The highest BCUT2D eigenvalue weighted by molar-refractivity contribution is 6.42. The van der Waals surface area contributed by atoms with Gasteiger partial charge in [-0.25, -0.2) is 0 Å². The van der Waals surface area contributed by atoms with Crippen LogP contribution in [-0.2, 0) is 32.1 Å². The molecule has 0 aromatic heterocycles. The van der Waals surface area contributed by atoms with Crippen molar-refractivity contribution in [1.29, 1.82) is 0 Å². The number of piperidine rings is 1.